The first-order valence-electron chi connectivity index (χ1n) is 9.62. The molecule has 7 nitrogen and oxygen atoms in total. The molecule has 3 amide bonds. The van der Waals surface area contributed by atoms with Crippen LogP contribution in [0.2, 0.25) is 0 Å². The quantitative estimate of drug-likeness (QED) is 0.217. The second-order valence-electron chi connectivity index (χ2n) is 6.89. The van der Waals surface area contributed by atoms with E-state index in [0.717, 1.165) is 13.0 Å². The monoisotopic (exact) mass is 353 g/mol. The van der Waals surface area contributed by atoms with E-state index in [1.165, 1.54) is 37.0 Å². The maximum atomic E-state index is 12.2. The van der Waals surface area contributed by atoms with Gasteiger partial charge in [0.15, 0.2) is 5.96 Å². The molecule has 0 bridgehead atoms. The molecule has 4 N–H and O–H groups in total. The molecular formula is C18H35N5O2. The van der Waals surface area contributed by atoms with E-state index in [1.807, 2.05) is 6.92 Å². The fraction of sp³-hybridized carbons (Fsp3) is 0.833. The molecule has 1 heterocycles. The number of unbranched alkanes of at least 4 members (excludes halogenated alkanes) is 5. The van der Waals surface area contributed by atoms with Crippen LogP contribution < -0.4 is 16.4 Å². The Morgan fingerprint density at radius 2 is 1.84 bits per heavy atom. The van der Waals surface area contributed by atoms with Crippen LogP contribution in [-0.2, 0) is 4.79 Å². The van der Waals surface area contributed by atoms with Crippen molar-refractivity contribution in [1.82, 2.24) is 15.5 Å². The topological polar surface area (TPSA) is 99.8 Å². The third kappa shape index (κ3) is 6.92. The Hall–Kier alpha value is -1.79. The van der Waals surface area contributed by atoms with E-state index in [1.54, 1.807) is 6.92 Å². The van der Waals surface area contributed by atoms with Crippen molar-refractivity contribution in [3.63, 3.8) is 0 Å². The van der Waals surface area contributed by atoms with Crippen LogP contribution in [-0.4, -0.2) is 48.0 Å². The molecule has 144 valence electrons. The van der Waals surface area contributed by atoms with Crippen LogP contribution >= 0.6 is 0 Å². The third-order valence-electron chi connectivity index (χ3n) is 4.71. The van der Waals surface area contributed by atoms with Gasteiger partial charge in [-0.1, -0.05) is 46.0 Å². The summed E-state index contributed by atoms with van der Waals surface area (Å²) in [5.74, 6) is 0.280. The number of imide groups is 1. The Morgan fingerprint density at radius 3 is 2.48 bits per heavy atom. The molecule has 25 heavy (non-hydrogen) atoms. The molecule has 1 rings (SSSR count). The molecule has 0 aromatic rings. The summed E-state index contributed by atoms with van der Waals surface area (Å²) in [5.41, 5.74) is 5.06. The highest BCUT2D eigenvalue weighted by molar-refractivity contribution is 6.06. The summed E-state index contributed by atoms with van der Waals surface area (Å²) in [6.07, 6.45) is 8.65. The minimum Gasteiger partial charge on any atom is -0.370 e. The van der Waals surface area contributed by atoms with E-state index in [0.29, 0.717) is 31.9 Å². The number of carbonyl (C=O) groups excluding carboxylic acids is 2. The molecular weight excluding hydrogens is 318 g/mol. The smallest absolute Gasteiger partial charge is 0.325 e. The van der Waals surface area contributed by atoms with Gasteiger partial charge in [-0.05, 0) is 26.2 Å². The van der Waals surface area contributed by atoms with E-state index < -0.39 is 5.54 Å². The number of hydrogen-bond acceptors (Lipinski definition) is 3. The van der Waals surface area contributed by atoms with Gasteiger partial charge in [-0.3, -0.25) is 14.7 Å². The van der Waals surface area contributed by atoms with Gasteiger partial charge < -0.3 is 16.4 Å². The molecule has 0 radical (unpaired) electrons. The number of carbonyl (C=O) groups is 2. The minimum absolute atomic E-state index is 0.154. The van der Waals surface area contributed by atoms with Gasteiger partial charge in [-0.25, -0.2) is 4.79 Å². The molecule has 0 saturated carbocycles. The number of nitrogens with two attached hydrogens (primary N) is 1. The average molecular weight is 354 g/mol. The minimum atomic E-state index is -0.766. The Bertz CT molecular complexity index is 466. The van der Waals surface area contributed by atoms with Gasteiger partial charge in [0.1, 0.15) is 5.54 Å². The number of amides is 3. The summed E-state index contributed by atoms with van der Waals surface area (Å²) in [7, 11) is 0. The number of guanidine groups is 1. The lowest BCUT2D eigenvalue weighted by molar-refractivity contribution is -0.130. The fourth-order valence-electron chi connectivity index (χ4n) is 2.80. The third-order valence-corrected chi connectivity index (χ3v) is 4.71. The van der Waals surface area contributed by atoms with Crippen LogP contribution in [0.3, 0.4) is 0 Å². The van der Waals surface area contributed by atoms with E-state index in [-0.39, 0.29) is 11.9 Å². The number of rotatable bonds is 12. The summed E-state index contributed by atoms with van der Waals surface area (Å²) in [6, 6.07) is -0.313. The maximum Gasteiger partial charge on any atom is 0.325 e. The Balaban J connectivity index is 2.16. The van der Waals surface area contributed by atoms with Gasteiger partial charge in [0, 0.05) is 19.6 Å². The molecule has 1 aliphatic rings. The van der Waals surface area contributed by atoms with E-state index >= 15 is 0 Å². The number of urea groups is 1. The SMILES string of the molecule is CCCCCCCCNC(N)=NCCCN1C(=O)NC(C)(CC)C1=O. The van der Waals surface area contributed by atoms with Crippen LogP contribution in [0.15, 0.2) is 4.99 Å². The van der Waals surface area contributed by atoms with E-state index in [2.05, 4.69) is 22.5 Å². The van der Waals surface area contributed by atoms with Crippen molar-refractivity contribution in [2.75, 3.05) is 19.6 Å². The largest absolute Gasteiger partial charge is 0.370 e. The maximum absolute atomic E-state index is 12.2. The lowest BCUT2D eigenvalue weighted by Crippen LogP contribution is -2.43. The highest BCUT2D eigenvalue weighted by Gasteiger charge is 2.45. The summed E-state index contributed by atoms with van der Waals surface area (Å²) in [5, 5.41) is 5.86. The van der Waals surface area contributed by atoms with Gasteiger partial charge in [-0.2, -0.15) is 0 Å². The average Bonchev–Trinajstić information content (AvgIpc) is 2.81. The van der Waals surface area contributed by atoms with Crippen molar-refractivity contribution < 1.29 is 9.59 Å². The van der Waals surface area contributed by atoms with Crippen LogP contribution in [0.25, 0.3) is 0 Å². The molecule has 0 spiro atoms. The summed E-state index contributed by atoms with van der Waals surface area (Å²) < 4.78 is 0. The number of nitrogens with one attached hydrogen (secondary N) is 2. The van der Waals surface area contributed by atoms with Crippen molar-refractivity contribution in [2.45, 2.75) is 77.7 Å². The summed E-state index contributed by atoms with van der Waals surface area (Å²) >= 11 is 0. The predicted molar refractivity (Wildman–Crippen MR) is 101 cm³/mol. The lowest BCUT2D eigenvalue weighted by atomic mass is 9.99. The normalized spacial score (nSPS) is 20.9. The molecule has 0 aromatic carbocycles. The van der Waals surface area contributed by atoms with Crippen LogP contribution in [0, 0.1) is 0 Å². The van der Waals surface area contributed by atoms with Gasteiger partial charge in [-0.15, -0.1) is 0 Å². The highest BCUT2D eigenvalue weighted by Crippen LogP contribution is 2.20. The van der Waals surface area contributed by atoms with E-state index in [4.69, 9.17) is 5.73 Å². The predicted octanol–water partition coefficient (Wildman–Crippen LogP) is 2.36. The number of hydrogen-bond donors (Lipinski definition) is 3. The molecule has 0 aliphatic carbocycles. The van der Waals surface area contributed by atoms with Crippen LogP contribution in [0.1, 0.15) is 72.1 Å². The van der Waals surface area contributed by atoms with Crippen molar-refractivity contribution in [2.24, 2.45) is 10.7 Å². The molecule has 7 heteroatoms. The zero-order valence-electron chi connectivity index (χ0n) is 16.1. The molecule has 1 unspecified atom stereocenters. The number of aliphatic imine (C=N–C) groups is 1. The van der Waals surface area contributed by atoms with Crippen molar-refractivity contribution in [3.8, 4) is 0 Å². The Kier molecular flexibility index (Phi) is 9.31. The van der Waals surface area contributed by atoms with Gasteiger partial charge >= 0.3 is 6.03 Å². The first-order chi connectivity index (χ1) is 11.9. The first-order valence-corrected chi connectivity index (χ1v) is 9.62. The van der Waals surface area contributed by atoms with Crippen LogP contribution in [0.5, 0.6) is 0 Å². The number of nitrogens with zero attached hydrogens (tertiary/aromatic N) is 2. The van der Waals surface area contributed by atoms with Crippen molar-refractivity contribution in [1.29, 1.82) is 0 Å². The van der Waals surface area contributed by atoms with Crippen molar-refractivity contribution >= 4 is 17.9 Å². The first kappa shape index (κ1) is 21.3. The zero-order chi connectivity index (χ0) is 18.7. The van der Waals surface area contributed by atoms with Gasteiger partial charge in [0.25, 0.3) is 5.91 Å². The molecule has 1 aliphatic heterocycles. The van der Waals surface area contributed by atoms with Gasteiger partial charge in [0.2, 0.25) is 0 Å². The Labute approximate surface area is 151 Å². The highest BCUT2D eigenvalue weighted by atomic mass is 16.2. The lowest BCUT2D eigenvalue weighted by Gasteiger charge is -2.19. The van der Waals surface area contributed by atoms with Gasteiger partial charge in [0.05, 0.1) is 0 Å². The Morgan fingerprint density at radius 1 is 1.16 bits per heavy atom. The van der Waals surface area contributed by atoms with E-state index in [9.17, 15) is 9.59 Å². The van der Waals surface area contributed by atoms with Crippen LogP contribution in [0.4, 0.5) is 4.79 Å². The standard InChI is InChI=1S/C18H35N5O2/c1-4-6-7-8-9-10-12-20-16(19)21-13-11-14-23-15(24)18(3,5-2)22-17(23)25/h4-14H2,1-3H3,(H,22,25)(H3,19,20,21). The molecule has 1 fully saturated rings. The molecule has 1 atom stereocenters. The summed E-state index contributed by atoms with van der Waals surface area (Å²) in [4.78, 5) is 29.6. The zero-order valence-corrected chi connectivity index (χ0v) is 16.1. The second kappa shape index (κ2) is 10.9. The van der Waals surface area contributed by atoms with Crippen molar-refractivity contribution in [3.05, 3.63) is 0 Å². The molecule has 1 saturated heterocycles. The summed E-state index contributed by atoms with van der Waals surface area (Å²) in [6.45, 7) is 7.57. The molecule has 0 aromatic heterocycles. The second-order valence-corrected chi connectivity index (χ2v) is 6.89. The fourth-order valence-corrected chi connectivity index (χ4v) is 2.80.